The number of hydrazone groups is 1. The Balaban J connectivity index is 1.78. The third kappa shape index (κ3) is 3.53. The summed E-state index contributed by atoms with van der Waals surface area (Å²) in [6, 6.07) is 27.9. The number of rotatable bonds is 5. The maximum atomic E-state index is 14.3. The number of anilines is 1. The molecule has 0 saturated heterocycles. The van der Waals surface area contributed by atoms with E-state index in [9.17, 15) is 14.4 Å². The van der Waals surface area contributed by atoms with Gasteiger partial charge in [-0.05, 0) is 47.9 Å². The van der Waals surface area contributed by atoms with Crippen LogP contribution in [0, 0.1) is 5.41 Å². The number of hydrogen-bond donors (Lipinski definition) is 0. The molecule has 5 nitrogen and oxygen atoms in total. The van der Waals surface area contributed by atoms with E-state index in [-0.39, 0.29) is 29.5 Å². The van der Waals surface area contributed by atoms with Gasteiger partial charge in [-0.2, -0.15) is 10.1 Å². The Morgan fingerprint density at radius 1 is 0.727 bits per heavy atom. The highest BCUT2D eigenvalue weighted by Gasteiger charge is 2.56. The van der Waals surface area contributed by atoms with E-state index >= 15 is 0 Å². The van der Waals surface area contributed by atoms with Crippen LogP contribution in [0.1, 0.15) is 11.1 Å². The molecular formula is C28H20N2O3. The van der Waals surface area contributed by atoms with E-state index < -0.39 is 5.41 Å². The second-order valence-electron chi connectivity index (χ2n) is 7.99. The van der Waals surface area contributed by atoms with Gasteiger partial charge in [0.25, 0.3) is 5.91 Å². The van der Waals surface area contributed by atoms with Crippen molar-refractivity contribution in [3.05, 3.63) is 126 Å². The number of allylic oxidation sites excluding steroid dienone is 3. The van der Waals surface area contributed by atoms with Gasteiger partial charge in [-0.3, -0.25) is 14.4 Å². The number of ketones is 2. The molecule has 33 heavy (non-hydrogen) atoms. The molecule has 1 heterocycles. The van der Waals surface area contributed by atoms with Crippen molar-refractivity contribution in [2.75, 3.05) is 5.01 Å². The van der Waals surface area contributed by atoms with Crippen molar-refractivity contribution in [2.45, 2.75) is 6.42 Å². The minimum absolute atomic E-state index is 0.143. The first-order valence-corrected chi connectivity index (χ1v) is 10.7. The number of amides is 1. The van der Waals surface area contributed by atoms with Crippen LogP contribution in [-0.4, -0.2) is 23.2 Å². The van der Waals surface area contributed by atoms with Gasteiger partial charge in [0.2, 0.25) is 0 Å². The lowest BCUT2D eigenvalue weighted by Crippen LogP contribution is -2.46. The molecule has 0 N–H and O–H groups in total. The molecule has 0 aromatic heterocycles. The number of hydrogen-bond acceptors (Lipinski definition) is 4. The van der Waals surface area contributed by atoms with E-state index in [1.165, 1.54) is 23.2 Å². The summed E-state index contributed by atoms with van der Waals surface area (Å²) in [6.07, 6.45) is 3.96. The van der Waals surface area contributed by atoms with Gasteiger partial charge in [0, 0.05) is 5.57 Å². The van der Waals surface area contributed by atoms with Crippen LogP contribution in [-0.2, 0) is 20.8 Å². The summed E-state index contributed by atoms with van der Waals surface area (Å²) in [7, 11) is 0. The van der Waals surface area contributed by atoms with E-state index in [2.05, 4.69) is 0 Å². The highest BCUT2D eigenvalue weighted by Crippen LogP contribution is 2.45. The Bertz CT molecular complexity index is 1330. The van der Waals surface area contributed by atoms with Crippen molar-refractivity contribution in [3.63, 3.8) is 0 Å². The zero-order valence-corrected chi connectivity index (χ0v) is 17.7. The van der Waals surface area contributed by atoms with Crippen LogP contribution in [0.25, 0.3) is 0 Å². The largest absolute Gasteiger partial charge is 0.290 e. The minimum atomic E-state index is -1.45. The van der Waals surface area contributed by atoms with Gasteiger partial charge in [0.05, 0.1) is 11.4 Å². The third-order valence-corrected chi connectivity index (χ3v) is 5.93. The summed E-state index contributed by atoms with van der Waals surface area (Å²) >= 11 is 0. The van der Waals surface area contributed by atoms with Gasteiger partial charge < -0.3 is 0 Å². The lowest BCUT2D eigenvalue weighted by Gasteiger charge is -2.32. The van der Waals surface area contributed by atoms with Crippen molar-refractivity contribution < 1.29 is 14.4 Å². The van der Waals surface area contributed by atoms with Crippen LogP contribution in [0.3, 0.4) is 0 Å². The average molecular weight is 432 g/mol. The molecule has 3 aromatic rings. The molecule has 5 heteroatoms. The predicted molar refractivity (Wildman–Crippen MR) is 127 cm³/mol. The highest BCUT2D eigenvalue weighted by molar-refractivity contribution is 6.33. The predicted octanol–water partition coefficient (Wildman–Crippen LogP) is 4.30. The molecule has 0 radical (unpaired) electrons. The summed E-state index contributed by atoms with van der Waals surface area (Å²) in [5, 5.41) is 6.12. The first kappa shape index (κ1) is 20.5. The third-order valence-electron chi connectivity index (χ3n) is 5.93. The fourth-order valence-electron chi connectivity index (χ4n) is 4.40. The number of benzene rings is 3. The van der Waals surface area contributed by atoms with E-state index in [4.69, 9.17) is 5.10 Å². The van der Waals surface area contributed by atoms with Crippen LogP contribution in [0.15, 0.2) is 120 Å². The molecule has 0 spiro atoms. The second-order valence-corrected chi connectivity index (χ2v) is 7.99. The maximum absolute atomic E-state index is 14.3. The summed E-state index contributed by atoms with van der Waals surface area (Å²) < 4.78 is 0. The van der Waals surface area contributed by atoms with Crippen molar-refractivity contribution in [1.82, 2.24) is 0 Å². The Hall–Kier alpha value is -4.38. The molecule has 1 aliphatic carbocycles. The van der Waals surface area contributed by atoms with Gasteiger partial charge >= 0.3 is 0 Å². The molecule has 3 aromatic carbocycles. The van der Waals surface area contributed by atoms with Crippen molar-refractivity contribution in [3.8, 4) is 0 Å². The number of carbonyl (C=O) groups is 3. The van der Waals surface area contributed by atoms with Crippen LogP contribution >= 0.6 is 0 Å². The molecule has 0 fully saturated rings. The molecule has 1 unspecified atom stereocenters. The lowest BCUT2D eigenvalue weighted by atomic mass is 9.67. The molecule has 1 amide bonds. The fraction of sp³-hybridized carbons (Fsp3) is 0.0714. The van der Waals surface area contributed by atoms with Gasteiger partial charge in [-0.25, -0.2) is 0 Å². The first-order valence-electron chi connectivity index (χ1n) is 10.7. The Morgan fingerprint density at radius 3 is 2.00 bits per heavy atom. The van der Waals surface area contributed by atoms with Crippen LogP contribution in [0.2, 0.25) is 0 Å². The Kier molecular flexibility index (Phi) is 5.15. The van der Waals surface area contributed by atoms with E-state index in [0.29, 0.717) is 11.4 Å². The van der Waals surface area contributed by atoms with Crippen LogP contribution < -0.4 is 5.01 Å². The Morgan fingerprint density at radius 2 is 1.33 bits per heavy atom. The summed E-state index contributed by atoms with van der Waals surface area (Å²) in [6.45, 7) is 0. The van der Waals surface area contributed by atoms with Crippen molar-refractivity contribution in [1.29, 1.82) is 0 Å². The molecule has 0 saturated carbocycles. The van der Waals surface area contributed by atoms with E-state index in [1.807, 2.05) is 78.9 Å². The molecule has 5 rings (SSSR count). The highest BCUT2D eigenvalue weighted by atomic mass is 16.2. The Labute approximate surface area is 191 Å². The van der Waals surface area contributed by atoms with Crippen LogP contribution in [0.5, 0.6) is 0 Å². The quantitative estimate of drug-likeness (QED) is 0.565. The van der Waals surface area contributed by atoms with Crippen molar-refractivity contribution >= 4 is 28.9 Å². The average Bonchev–Trinajstić information content (AvgIpc) is 3.15. The molecular weight excluding hydrogens is 412 g/mol. The normalized spacial score (nSPS) is 20.1. The zero-order valence-electron chi connectivity index (χ0n) is 17.7. The van der Waals surface area contributed by atoms with Crippen molar-refractivity contribution in [2.24, 2.45) is 10.5 Å². The standard InChI is InChI=1S/C28H20N2O3/c31-23-16-17-25(32)24(18-23)28(19-20-10-4-1-5-11-20)26(21-12-6-2-7-13-21)29-30(27(28)33)22-14-8-3-9-15-22/h1-18H,19H2. The number of carbonyl (C=O) groups excluding carboxylic acids is 3. The zero-order chi connectivity index (χ0) is 22.8. The first-order chi connectivity index (χ1) is 16.1. The fourth-order valence-corrected chi connectivity index (χ4v) is 4.40. The number of nitrogens with zero attached hydrogens (tertiary/aromatic N) is 2. The maximum Gasteiger partial charge on any atom is 0.264 e. The summed E-state index contributed by atoms with van der Waals surface area (Å²) in [5.41, 5.74) is 1.32. The molecule has 1 atom stereocenters. The van der Waals surface area contributed by atoms with Gasteiger partial charge in [0.15, 0.2) is 11.6 Å². The molecule has 2 aliphatic rings. The summed E-state index contributed by atoms with van der Waals surface area (Å²) in [4.78, 5) is 39.8. The van der Waals surface area contributed by atoms with Crippen LogP contribution in [0.4, 0.5) is 5.69 Å². The molecule has 0 bridgehead atoms. The van der Waals surface area contributed by atoms with E-state index in [1.54, 1.807) is 12.1 Å². The molecule has 1 aliphatic heterocycles. The lowest BCUT2D eigenvalue weighted by molar-refractivity contribution is -0.124. The minimum Gasteiger partial charge on any atom is -0.290 e. The summed E-state index contributed by atoms with van der Waals surface area (Å²) in [5.74, 6) is -1.05. The molecule has 160 valence electrons. The monoisotopic (exact) mass is 432 g/mol. The smallest absolute Gasteiger partial charge is 0.264 e. The van der Waals surface area contributed by atoms with Gasteiger partial charge in [-0.1, -0.05) is 78.9 Å². The second kappa shape index (κ2) is 8.28. The SMILES string of the molecule is O=C1C=CC(=O)C(C2(Cc3ccccc3)C(=O)N(c3ccccc3)N=C2c2ccccc2)=C1. The van der Waals surface area contributed by atoms with E-state index in [0.717, 1.165) is 11.1 Å². The van der Waals surface area contributed by atoms with Gasteiger partial charge in [-0.15, -0.1) is 0 Å². The topological polar surface area (TPSA) is 66.8 Å². The van der Waals surface area contributed by atoms with Gasteiger partial charge in [0.1, 0.15) is 5.41 Å². The number of para-hydroxylation sites is 1.